The Hall–Kier alpha value is -2.36. The molecule has 0 heterocycles. The zero-order valence-electron chi connectivity index (χ0n) is 13.4. The molecule has 2 aromatic rings. The van der Waals surface area contributed by atoms with Crippen molar-refractivity contribution in [3.63, 3.8) is 0 Å². The van der Waals surface area contributed by atoms with E-state index >= 15 is 0 Å². The average Bonchev–Trinajstić information content (AvgIpc) is 2.58. The molecule has 2 rings (SSSR count). The van der Waals surface area contributed by atoms with Crippen molar-refractivity contribution in [3.8, 4) is 5.75 Å². The van der Waals surface area contributed by atoms with Crippen LogP contribution in [0.25, 0.3) is 0 Å². The average molecular weight is 316 g/mol. The van der Waals surface area contributed by atoms with Crippen molar-refractivity contribution in [2.24, 2.45) is 5.92 Å². The first kappa shape index (κ1) is 17.0. The zero-order valence-corrected chi connectivity index (χ0v) is 13.4. The van der Waals surface area contributed by atoms with Crippen LogP contribution in [0.5, 0.6) is 5.75 Å². The molecule has 122 valence electrons. The molecular weight excluding hydrogens is 295 g/mol. The van der Waals surface area contributed by atoms with Crippen molar-refractivity contribution >= 4 is 5.97 Å². The number of hydrogen-bond acceptors (Lipinski definition) is 3. The van der Waals surface area contributed by atoms with E-state index in [-0.39, 0.29) is 11.5 Å². The van der Waals surface area contributed by atoms with Gasteiger partial charge in [-0.25, -0.2) is 9.18 Å². The summed E-state index contributed by atoms with van der Waals surface area (Å²) in [6.07, 6.45) is 0.905. The summed E-state index contributed by atoms with van der Waals surface area (Å²) in [6, 6.07) is 13.8. The third-order valence-electron chi connectivity index (χ3n) is 3.60. The zero-order chi connectivity index (χ0) is 16.7. The van der Waals surface area contributed by atoms with Gasteiger partial charge in [0, 0.05) is 6.07 Å². The summed E-state index contributed by atoms with van der Waals surface area (Å²) in [7, 11) is 0. The van der Waals surface area contributed by atoms with Gasteiger partial charge in [0.05, 0.1) is 12.2 Å². The largest absolute Gasteiger partial charge is 0.489 e. The smallest absolute Gasteiger partial charge is 0.341 e. The monoisotopic (exact) mass is 316 g/mol. The van der Waals surface area contributed by atoms with Crippen LogP contribution in [0.3, 0.4) is 0 Å². The van der Waals surface area contributed by atoms with E-state index in [4.69, 9.17) is 9.47 Å². The molecule has 2 aromatic carbocycles. The van der Waals surface area contributed by atoms with Crippen molar-refractivity contribution in [3.05, 3.63) is 65.5 Å². The van der Waals surface area contributed by atoms with Gasteiger partial charge in [-0.3, -0.25) is 0 Å². The van der Waals surface area contributed by atoms with Crippen LogP contribution < -0.4 is 4.74 Å². The Morgan fingerprint density at radius 2 is 1.91 bits per heavy atom. The molecule has 0 aliphatic carbocycles. The first-order chi connectivity index (χ1) is 11.1. The van der Waals surface area contributed by atoms with Gasteiger partial charge in [-0.15, -0.1) is 0 Å². The molecule has 23 heavy (non-hydrogen) atoms. The number of halogens is 1. The lowest BCUT2D eigenvalue weighted by molar-refractivity contribution is 0.0441. The van der Waals surface area contributed by atoms with Crippen LogP contribution in [-0.2, 0) is 11.3 Å². The maximum Gasteiger partial charge on any atom is 0.341 e. The second kappa shape index (κ2) is 8.32. The molecule has 0 amide bonds. The highest BCUT2D eigenvalue weighted by molar-refractivity contribution is 5.89. The van der Waals surface area contributed by atoms with Crippen molar-refractivity contribution < 1.29 is 18.7 Å². The van der Waals surface area contributed by atoms with Crippen LogP contribution in [0, 0.1) is 11.7 Å². The third-order valence-corrected chi connectivity index (χ3v) is 3.60. The number of rotatable bonds is 7. The fourth-order valence-electron chi connectivity index (χ4n) is 1.91. The number of esters is 1. The molecule has 0 aliphatic heterocycles. The maximum absolute atomic E-state index is 14.1. The summed E-state index contributed by atoms with van der Waals surface area (Å²) in [5.74, 6) is -0.637. The minimum atomic E-state index is -0.641. The molecule has 0 aromatic heterocycles. The first-order valence-electron chi connectivity index (χ1n) is 7.73. The van der Waals surface area contributed by atoms with Gasteiger partial charge in [-0.2, -0.15) is 0 Å². The molecule has 0 bridgehead atoms. The summed E-state index contributed by atoms with van der Waals surface area (Å²) in [5, 5.41) is 0. The Morgan fingerprint density at radius 3 is 2.57 bits per heavy atom. The van der Waals surface area contributed by atoms with Crippen molar-refractivity contribution in [2.45, 2.75) is 26.9 Å². The van der Waals surface area contributed by atoms with E-state index in [1.807, 2.05) is 44.2 Å². The van der Waals surface area contributed by atoms with Gasteiger partial charge in [0.15, 0.2) is 0 Å². The second-order valence-electron chi connectivity index (χ2n) is 5.53. The molecule has 4 heteroatoms. The highest BCUT2D eigenvalue weighted by Crippen LogP contribution is 2.19. The van der Waals surface area contributed by atoms with E-state index in [1.54, 1.807) is 6.07 Å². The van der Waals surface area contributed by atoms with E-state index in [2.05, 4.69) is 0 Å². The minimum absolute atomic E-state index is 0.0691. The number of carbonyl (C=O) groups excluding carboxylic acids is 1. The van der Waals surface area contributed by atoms with Crippen LogP contribution in [0.4, 0.5) is 4.39 Å². The fraction of sp³-hybridized carbons (Fsp3) is 0.316. The molecule has 0 aliphatic rings. The Morgan fingerprint density at radius 1 is 1.17 bits per heavy atom. The van der Waals surface area contributed by atoms with Crippen LogP contribution in [0.1, 0.15) is 36.2 Å². The number of ether oxygens (including phenoxy) is 2. The first-order valence-corrected chi connectivity index (χ1v) is 7.73. The lowest BCUT2D eigenvalue weighted by atomic mass is 10.1. The van der Waals surface area contributed by atoms with Gasteiger partial charge < -0.3 is 9.47 Å². The van der Waals surface area contributed by atoms with E-state index in [0.29, 0.717) is 19.0 Å². The number of hydrogen-bond donors (Lipinski definition) is 0. The lowest BCUT2D eigenvalue weighted by Crippen LogP contribution is -2.13. The third kappa shape index (κ3) is 5.09. The standard InChI is InChI=1S/C19H21FO3/c1-3-14(2)12-23-19(21)17-10-9-16(11-18(17)20)22-13-15-7-5-4-6-8-15/h4-11,14H,3,12-13H2,1-2H3/t14-/m1/s1. The fourth-order valence-corrected chi connectivity index (χ4v) is 1.91. The molecule has 0 saturated heterocycles. The molecule has 1 atom stereocenters. The molecule has 3 nitrogen and oxygen atoms in total. The SMILES string of the molecule is CC[C@@H](C)COC(=O)c1ccc(OCc2ccccc2)cc1F. The molecule has 0 fully saturated rings. The summed E-state index contributed by atoms with van der Waals surface area (Å²) in [4.78, 5) is 11.9. The summed E-state index contributed by atoms with van der Waals surface area (Å²) in [6.45, 7) is 4.63. The van der Waals surface area contributed by atoms with Crippen LogP contribution >= 0.6 is 0 Å². The van der Waals surface area contributed by atoms with Gasteiger partial charge in [0.1, 0.15) is 18.2 Å². The normalized spacial score (nSPS) is 11.8. The van der Waals surface area contributed by atoms with E-state index in [1.165, 1.54) is 12.1 Å². The van der Waals surface area contributed by atoms with Crippen molar-refractivity contribution in [1.29, 1.82) is 0 Å². The summed E-state index contributed by atoms with van der Waals surface area (Å²) < 4.78 is 24.7. The van der Waals surface area contributed by atoms with Crippen LogP contribution in [0.15, 0.2) is 48.5 Å². The topological polar surface area (TPSA) is 35.5 Å². The molecule has 0 N–H and O–H groups in total. The highest BCUT2D eigenvalue weighted by atomic mass is 19.1. The van der Waals surface area contributed by atoms with E-state index in [0.717, 1.165) is 12.0 Å². The van der Waals surface area contributed by atoms with Gasteiger partial charge in [-0.1, -0.05) is 50.6 Å². The quantitative estimate of drug-likeness (QED) is 0.700. The molecular formula is C19H21FO3. The summed E-state index contributed by atoms with van der Waals surface area (Å²) in [5.41, 5.74) is 0.922. The Balaban J connectivity index is 1.96. The molecule has 0 spiro atoms. The Labute approximate surface area is 136 Å². The predicted octanol–water partition coefficient (Wildman–Crippen LogP) is 4.61. The molecule has 0 saturated carbocycles. The van der Waals surface area contributed by atoms with Gasteiger partial charge in [0.25, 0.3) is 0 Å². The maximum atomic E-state index is 14.1. The Bertz CT molecular complexity index is 640. The van der Waals surface area contributed by atoms with Crippen LogP contribution in [0.2, 0.25) is 0 Å². The van der Waals surface area contributed by atoms with Crippen LogP contribution in [-0.4, -0.2) is 12.6 Å². The predicted molar refractivity (Wildman–Crippen MR) is 86.9 cm³/mol. The van der Waals surface area contributed by atoms with Gasteiger partial charge >= 0.3 is 5.97 Å². The Kier molecular flexibility index (Phi) is 6.15. The van der Waals surface area contributed by atoms with Gasteiger partial charge in [0.2, 0.25) is 0 Å². The molecule has 0 radical (unpaired) electrons. The molecule has 0 unspecified atom stereocenters. The van der Waals surface area contributed by atoms with Crippen molar-refractivity contribution in [2.75, 3.05) is 6.61 Å². The van der Waals surface area contributed by atoms with E-state index in [9.17, 15) is 9.18 Å². The van der Waals surface area contributed by atoms with Crippen molar-refractivity contribution in [1.82, 2.24) is 0 Å². The van der Waals surface area contributed by atoms with Gasteiger partial charge in [-0.05, 0) is 23.6 Å². The number of benzene rings is 2. The van der Waals surface area contributed by atoms with E-state index < -0.39 is 11.8 Å². The summed E-state index contributed by atoms with van der Waals surface area (Å²) >= 11 is 0. The second-order valence-corrected chi connectivity index (χ2v) is 5.53. The lowest BCUT2D eigenvalue weighted by Gasteiger charge is -2.11. The minimum Gasteiger partial charge on any atom is -0.489 e. The highest BCUT2D eigenvalue weighted by Gasteiger charge is 2.15. The number of carbonyl (C=O) groups is 1.